The van der Waals surface area contributed by atoms with E-state index in [0.29, 0.717) is 5.82 Å². The summed E-state index contributed by atoms with van der Waals surface area (Å²) in [5.41, 5.74) is 13.2. The molecule has 11 rings (SSSR count). The number of nitrogens with zero attached hydrogens (tertiary/aromatic N) is 2. The lowest BCUT2D eigenvalue weighted by Gasteiger charge is -2.15. The SMILES string of the molecule is c1ccc(-c2cc(-c3cc(-c4ccc5ccccc5c4)cc(-c4ccc5oc6ccccc6c5c4)c3)nc(-c3ccccc3-c3ccc4ccccc4c3)n2)cc1. The molecule has 0 N–H and O–H groups in total. The minimum Gasteiger partial charge on any atom is -0.456 e. The van der Waals surface area contributed by atoms with E-state index in [2.05, 4.69) is 188 Å². The van der Waals surface area contributed by atoms with E-state index in [1.165, 1.54) is 21.5 Å². The van der Waals surface area contributed by atoms with Gasteiger partial charge in [0, 0.05) is 27.5 Å². The first-order valence-corrected chi connectivity index (χ1v) is 19.3. The maximum atomic E-state index is 6.23. The van der Waals surface area contributed by atoms with Crippen molar-refractivity contribution in [1.29, 1.82) is 0 Å². The first-order valence-electron chi connectivity index (χ1n) is 19.3. The zero-order chi connectivity index (χ0) is 37.7. The highest BCUT2D eigenvalue weighted by molar-refractivity contribution is 6.06. The van der Waals surface area contributed by atoms with Crippen LogP contribution in [-0.4, -0.2) is 9.97 Å². The van der Waals surface area contributed by atoms with Crippen LogP contribution in [0.4, 0.5) is 0 Å². The molecular formula is C54H34N2O. The molecule has 0 fully saturated rings. The van der Waals surface area contributed by atoms with Gasteiger partial charge in [-0.3, -0.25) is 0 Å². The van der Waals surface area contributed by atoms with Crippen LogP contribution in [0.2, 0.25) is 0 Å². The third-order valence-electron chi connectivity index (χ3n) is 11.0. The van der Waals surface area contributed by atoms with Gasteiger partial charge in [0.2, 0.25) is 0 Å². The van der Waals surface area contributed by atoms with Crippen LogP contribution in [0.5, 0.6) is 0 Å². The summed E-state index contributed by atoms with van der Waals surface area (Å²) in [7, 11) is 0. The number of para-hydroxylation sites is 1. The molecule has 3 nitrogen and oxygen atoms in total. The average Bonchev–Trinajstić information content (AvgIpc) is 3.67. The molecule has 0 radical (unpaired) electrons. The molecular weight excluding hydrogens is 693 g/mol. The van der Waals surface area contributed by atoms with Crippen molar-refractivity contribution in [3.8, 4) is 67.3 Å². The van der Waals surface area contributed by atoms with Gasteiger partial charge in [0.25, 0.3) is 0 Å². The first-order chi connectivity index (χ1) is 28.2. The van der Waals surface area contributed by atoms with Crippen LogP contribution >= 0.6 is 0 Å². The highest BCUT2D eigenvalue weighted by Crippen LogP contribution is 2.39. The van der Waals surface area contributed by atoms with Crippen LogP contribution in [0.25, 0.3) is 111 Å². The van der Waals surface area contributed by atoms with Crippen molar-refractivity contribution in [3.63, 3.8) is 0 Å². The number of hydrogen-bond donors (Lipinski definition) is 0. The Morgan fingerprint density at radius 1 is 0.281 bits per heavy atom. The third-order valence-corrected chi connectivity index (χ3v) is 11.0. The Morgan fingerprint density at radius 3 is 1.56 bits per heavy atom. The second-order valence-electron chi connectivity index (χ2n) is 14.6. The predicted octanol–water partition coefficient (Wildman–Crippen LogP) is 14.7. The Balaban J connectivity index is 1.13. The summed E-state index contributed by atoms with van der Waals surface area (Å²) in [5.74, 6) is 0.680. The van der Waals surface area contributed by atoms with Gasteiger partial charge in [0.05, 0.1) is 11.4 Å². The molecule has 0 saturated heterocycles. The Labute approximate surface area is 330 Å². The molecule has 0 atom stereocenters. The standard InChI is InChI=1S/C54H34N2O/c1-2-14-37(15-3-1)50-34-51(56-54(55-50)48-20-9-8-18-46(48)42-25-23-36-13-5-7-17-39(36)29-42)45-31-43(40-24-22-35-12-4-6-16-38(35)28-40)30-44(32-45)41-26-27-53-49(33-41)47-19-10-11-21-52(47)57-53/h1-34H. The maximum absolute atomic E-state index is 6.23. The monoisotopic (exact) mass is 726 g/mol. The molecule has 0 unspecified atom stereocenters. The number of rotatable bonds is 6. The molecule has 0 bridgehead atoms. The van der Waals surface area contributed by atoms with E-state index < -0.39 is 0 Å². The van der Waals surface area contributed by atoms with E-state index in [0.717, 1.165) is 83.4 Å². The lowest BCUT2D eigenvalue weighted by Crippen LogP contribution is -1.98. The van der Waals surface area contributed by atoms with Gasteiger partial charge < -0.3 is 4.42 Å². The first kappa shape index (κ1) is 32.8. The zero-order valence-corrected chi connectivity index (χ0v) is 30.9. The summed E-state index contributed by atoms with van der Waals surface area (Å²) >= 11 is 0. The van der Waals surface area contributed by atoms with Gasteiger partial charge in [0.15, 0.2) is 5.82 Å². The Bertz CT molecular complexity index is 3310. The smallest absolute Gasteiger partial charge is 0.161 e. The summed E-state index contributed by atoms with van der Waals surface area (Å²) in [6.45, 7) is 0. The highest BCUT2D eigenvalue weighted by atomic mass is 16.3. The Hall–Kier alpha value is -7.62. The van der Waals surface area contributed by atoms with Crippen molar-refractivity contribution in [1.82, 2.24) is 9.97 Å². The van der Waals surface area contributed by atoms with E-state index >= 15 is 0 Å². The zero-order valence-electron chi connectivity index (χ0n) is 30.9. The third kappa shape index (κ3) is 6.03. The van der Waals surface area contributed by atoms with Gasteiger partial charge in [-0.1, -0.05) is 152 Å². The summed E-state index contributed by atoms with van der Waals surface area (Å²) < 4.78 is 6.23. The molecule has 0 spiro atoms. The Kier molecular flexibility index (Phi) is 7.82. The van der Waals surface area contributed by atoms with Gasteiger partial charge in [-0.05, 0) is 110 Å². The van der Waals surface area contributed by atoms with Crippen LogP contribution in [0.3, 0.4) is 0 Å². The summed E-state index contributed by atoms with van der Waals surface area (Å²) in [6.07, 6.45) is 0. The van der Waals surface area contributed by atoms with Gasteiger partial charge >= 0.3 is 0 Å². The van der Waals surface area contributed by atoms with Crippen molar-refractivity contribution >= 4 is 43.5 Å². The highest BCUT2D eigenvalue weighted by Gasteiger charge is 2.17. The fraction of sp³-hybridized carbons (Fsp3) is 0. The van der Waals surface area contributed by atoms with E-state index in [9.17, 15) is 0 Å². The predicted molar refractivity (Wildman–Crippen MR) is 237 cm³/mol. The fourth-order valence-electron chi connectivity index (χ4n) is 8.14. The van der Waals surface area contributed by atoms with Gasteiger partial charge in [-0.2, -0.15) is 0 Å². The lowest BCUT2D eigenvalue weighted by atomic mass is 9.93. The van der Waals surface area contributed by atoms with E-state index in [1.807, 2.05) is 18.2 Å². The molecule has 0 saturated carbocycles. The molecule has 0 aliphatic heterocycles. The molecule has 57 heavy (non-hydrogen) atoms. The molecule has 266 valence electrons. The van der Waals surface area contributed by atoms with Gasteiger partial charge in [-0.15, -0.1) is 0 Å². The van der Waals surface area contributed by atoms with E-state index in [-0.39, 0.29) is 0 Å². The molecule has 3 heteroatoms. The minimum absolute atomic E-state index is 0.680. The largest absolute Gasteiger partial charge is 0.456 e. The van der Waals surface area contributed by atoms with E-state index in [4.69, 9.17) is 14.4 Å². The van der Waals surface area contributed by atoms with Crippen molar-refractivity contribution < 1.29 is 4.42 Å². The molecule has 0 aliphatic carbocycles. The van der Waals surface area contributed by atoms with Crippen LogP contribution < -0.4 is 0 Å². The Morgan fingerprint density at radius 2 is 0.807 bits per heavy atom. The second-order valence-corrected chi connectivity index (χ2v) is 14.6. The minimum atomic E-state index is 0.680. The summed E-state index contributed by atoms with van der Waals surface area (Å²) in [4.78, 5) is 10.7. The maximum Gasteiger partial charge on any atom is 0.161 e. The topological polar surface area (TPSA) is 38.9 Å². The van der Waals surface area contributed by atoms with Crippen LogP contribution in [0.1, 0.15) is 0 Å². The summed E-state index contributed by atoms with van der Waals surface area (Å²) in [5, 5.41) is 7.04. The number of aromatic nitrogens is 2. The average molecular weight is 727 g/mol. The number of hydrogen-bond acceptors (Lipinski definition) is 3. The van der Waals surface area contributed by atoms with Crippen LogP contribution in [0.15, 0.2) is 211 Å². The number of fused-ring (bicyclic) bond motifs is 5. The number of benzene rings is 9. The molecule has 11 aromatic rings. The molecule has 2 heterocycles. The van der Waals surface area contributed by atoms with Crippen LogP contribution in [-0.2, 0) is 0 Å². The molecule has 2 aromatic heterocycles. The summed E-state index contributed by atoms with van der Waals surface area (Å²) in [6, 6.07) is 73.0. The molecule has 9 aromatic carbocycles. The van der Waals surface area contributed by atoms with Crippen molar-refractivity contribution in [2.45, 2.75) is 0 Å². The van der Waals surface area contributed by atoms with Gasteiger partial charge in [0.1, 0.15) is 11.2 Å². The molecule has 0 aliphatic rings. The van der Waals surface area contributed by atoms with E-state index in [1.54, 1.807) is 0 Å². The van der Waals surface area contributed by atoms with Crippen molar-refractivity contribution in [2.75, 3.05) is 0 Å². The lowest BCUT2D eigenvalue weighted by molar-refractivity contribution is 0.669. The fourth-order valence-corrected chi connectivity index (χ4v) is 8.14. The van der Waals surface area contributed by atoms with Crippen molar-refractivity contribution in [3.05, 3.63) is 206 Å². The number of furan rings is 1. The van der Waals surface area contributed by atoms with Crippen LogP contribution in [0, 0.1) is 0 Å². The normalized spacial score (nSPS) is 11.5. The van der Waals surface area contributed by atoms with Gasteiger partial charge in [-0.25, -0.2) is 9.97 Å². The second kappa shape index (κ2) is 13.6. The quantitative estimate of drug-likeness (QED) is 0.171. The van der Waals surface area contributed by atoms with Crippen molar-refractivity contribution in [2.24, 2.45) is 0 Å². The molecule has 0 amide bonds.